The van der Waals surface area contributed by atoms with Crippen molar-refractivity contribution in [2.45, 2.75) is 22.8 Å². The van der Waals surface area contributed by atoms with Gasteiger partial charge in [-0.15, -0.1) is 0 Å². The summed E-state index contributed by atoms with van der Waals surface area (Å²) >= 11 is 1.30. The summed E-state index contributed by atoms with van der Waals surface area (Å²) in [7, 11) is 0. The molecule has 0 saturated carbocycles. The van der Waals surface area contributed by atoms with E-state index >= 15 is 0 Å². The maximum Gasteiger partial charge on any atom is 0.124 e. The summed E-state index contributed by atoms with van der Waals surface area (Å²) in [5.74, 6) is -0.713. The molecule has 94 valence electrons. The highest BCUT2D eigenvalue weighted by atomic mass is 32.2. The molecule has 0 aliphatic rings. The molecule has 0 amide bonds. The van der Waals surface area contributed by atoms with Gasteiger partial charge >= 0.3 is 0 Å². The number of aliphatic hydroxyl groups excluding tert-OH is 1. The van der Waals surface area contributed by atoms with Crippen LogP contribution in [0.1, 0.15) is 18.6 Å². The highest BCUT2D eigenvalue weighted by Gasteiger charge is 2.10. The lowest BCUT2D eigenvalue weighted by molar-refractivity contribution is 0.196. The molecule has 0 saturated heterocycles. The fraction of sp³-hybridized carbons (Fsp3) is 0.143. The van der Waals surface area contributed by atoms with Gasteiger partial charge in [0.25, 0.3) is 0 Å². The first-order valence-electron chi connectivity index (χ1n) is 5.47. The first-order valence-corrected chi connectivity index (χ1v) is 6.29. The number of hydrogen-bond donors (Lipinski definition) is 1. The zero-order valence-electron chi connectivity index (χ0n) is 9.73. The van der Waals surface area contributed by atoms with E-state index in [9.17, 15) is 13.9 Å². The monoisotopic (exact) mass is 266 g/mol. The van der Waals surface area contributed by atoms with Crippen molar-refractivity contribution in [1.82, 2.24) is 0 Å². The molecule has 0 aliphatic carbocycles. The second kappa shape index (κ2) is 5.50. The van der Waals surface area contributed by atoms with Gasteiger partial charge < -0.3 is 5.11 Å². The third-order valence-electron chi connectivity index (χ3n) is 2.45. The highest BCUT2D eigenvalue weighted by Crippen LogP contribution is 2.33. The largest absolute Gasteiger partial charge is 0.389 e. The van der Waals surface area contributed by atoms with Crippen LogP contribution < -0.4 is 0 Å². The SMILES string of the molecule is C[C@H](O)c1cc(F)ccc1Sc1cccc(F)c1. The number of benzene rings is 2. The first-order chi connectivity index (χ1) is 8.56. The van der Waals surface area contributed by atoms with Crippen LogP contribution in [0, 0.1) is 11.6 Å². The van der Waals surface area contributed by atoms with Crippen molar-refractivity contribution in [2.24, 2.45) is 0 Å². The lowest BCUT2D eigenvalue weighted by Crippen LogP contribution is -1.95. The third-order valence-corrected chi connectivity index (χ3v) is 3.53. The lowest BCUT2D eigenvalue weighted by Gasteiger charge is -2.11. The van der Waals surface area contributed by atoms with Gasteiger partial charge in [-0.3, -0.25) is 0 Å². The van der Waals surface area contributed by atoms with E-state index in [2.05, 4.69) is 0 Å². The standard InChI is InChI=1S/C14H12F2OS/c1-9(17)13-8-11(16)5-6-14(13)18-12-4-2-3-10(15)7-12/h2-9,17H,1H3/t9-/m0/s1. The molecule has 4 heteroatoms. The number of rotatable bonds is 3. The topological polar surface area (TPSA) is 20.2 Å². The van der Waals surface area contributed by atoms with Crippen LogP contribution in [0.4, 0.5) is 8.78 Å². The second-order valence-corrected chi connectivity index (χ2v) is 5.03. The lowest BCUT2D eigenvalue weighted by atomic mass is 10.1. The molecule has 18 heavy (non-hydrogen) atoms. The normalized spacial score (nSPS) is 12.4. The molecular formula is C14H12F2OS. The number of hydrogen-bond acceptors (Lipinski definition) is 2. The Kier molecular flexibility index (Phi) is 3.99. The summed E-state index contributed by atoms with van der Waals surface area (Å²) in [6, 6.07) is 10.4. The third kappa shape index (κ3) is 3.09. The van der Waals surface area contributed by atoms with Gasteiger partial charge in [0.1, 0.15) is 11.6 Å². The molecule has 0 radical (unpaired) electrons. The minimum absolute atomic E-state index is 0.319. The molecule has 0 spiro atoms. The summed E-state index contributed by atoms with van der Waals surface area (Å²) in [6.07, 6.45) is -0.767. The Bertz CT molecular complexity index is 555. The molecular weight excluding hydrogens is 254 g/mol. The molecule has 1 atom stereocenters. The predicted octanol–water partition coefficient (Wildman–Crippen LogP) is 4.17. The van der Waals surface area contributed by atoms with Gasteiger partial charge in [0.15, 0.2) is 0 Å². The van der Waals surface area contributed by atoms with Crippen LogP contribution in [0.5, 0.6) is 0 Å². The minimum Gasteiger partial charge on any atom is -0.389 e. The second-order valence-electron chi connectivity index (χ2n) is 3.92. The van der Waals surface area contributed by atoms with Gasteiger partial charge in [-0.05, 0) is 48.9 Å². The average molecular weight is 266 g/mol. The maximum absolute atomic E-state index is 13.1. The van der Waals surface area contributed by atoms with Crippen LogP contribution in [0.25, 0.3) is 0 Å². The minimum atomic E-state index is -0.767. The quantitative estimate of drug-likeness (QED) is 0.899. The van der Waals surface area contributed by atoms with Gasteiger partial charge in [0, 0.05) is 9.79 Å². The molecule has 0 aliphatic heterocycles. The van der Waals surface area contributed by atoms with Gasteiger partial charge in [-0.1, -0.05) is 17.8 Å². The van der Waals surface area contributed by atoms with Crippen molar-refractivity contribution in [3.63, 3.8) is 0 Å². The Morgan fingerprint density at radius 3 is 2.44 bits per heavy atom. The van der Waals surface area contributed by atoms with Gasteiger partial charge in [-0.25, -0.2) is 8.78 Å². The Hall–Kier alpha value is -1.39. The molecule has 1 N–H and O–H groups in total. The average Bonchev–Trinajstić information content (AvgIpc) is 2.31. The van der Waals surface area contributed by atoms with E-state index in [1.807, 2.05) is 0 Å². The summed E-state index contributed by atoms with van der Waals surface area (Å²) in [6.45, 7) is 1.57. The van der Waals surface area contributed by atoms with Crippen molar-refractivity contribution < 1.29 is 13.9 Å². The highest BCUT2D eigenvalue weighted by molar-refractivity contribution is 7.99. The van der Waals surface area contributed by atoms with E-state index in [0.29, 0.717) is 10.5 Å². The molecule has 0 fully saturated rings. The van der Waals surface area contributed by atoms with Crippen LogP contribution in [0.15, 0.2) is 52.3 Å². The number of halogens is 2. The molecule has 2 rings (SSSR count). The maximum atomic E-state index is 13.1. The van der Waals surface area contributed by atoms with Gasteiger partial charge in [-0.2, -0.15) is 0 Å². The summed E-state index contributed by atoms with van der Waals surface area (Å²) < 4.78 is 26.2. The van der Waals surface area contributed by atoms with Crippen LogP contribution in [-0.4, -0.2) is 5.11 Å². The predicted molar refractivity (Wildman–Crippen MR) is 67.6 cm³/mol. The zero-order valence-corrected chi connectivity index (χ0v) is 10.5. The molecule has 0 bridgehead atoms. The van der Waals surface area contributed by atoms with E-state index in [-0.39, 0.29) is 5.82 Å². The van der Waals surface area contributed by atoms with E-state index in [1.165, 1.54) is 36.0 Å². The summed E-state index contributed by atoms with van der Waals surface area (Å²) in [5, 5.41) is 9.61. The summed E-state index contributed by atoms with van der Waals surface area (Å²) in [5.41, 5.74) is 0.504. The molecule has 2 aromatic rings. The van der Waals surface area contributed by atoms with E-state index < -0.39 is 11.9 Å². The van der Waals surface area contributed by atoms with E-state index in [1.54, 1.807) is 25.1 Å². The Morgan fingerprint density at radius 1 is 1.06 bits per heavy atom. The number of aliphatic hydroxyl groups is 1. The van der Waals surface area contributed by atoms with Crippen molar-refractivity contribution in [1.29, 1.82) is 0 Å². The Labute approximate surface area is 108 Å². The van der Waals surface area contributed by atoms with Crippen LogP contribution >= 0.6 is 11.8 Å². The van der Waals surface area contributed by atoms with Crippen LogP contribution in [0.2, 0.25) is 0 Å². The van der Waals surface area contributed by atoms with Crippen molar-refractivity contribution in [3.8, 4) is 0 Å². The molecule has 0 unspecified atom stereocenters. The van der Waals surface area contributed by atoms with E-state index in [4.69, 9.17) is 0 Å². The summed E-state index contributed by atoms with van der Waals surface area (Å²) in [4.78, 5) is 1.43. The van der Waals surface area contributed by atoms with Crippen LogP contribution in [-0.2, 0) is 0 Å². The van der Waals surface area contributed by atoms with E-state index in [0.717, 1.165) is 4.90 Å². The van der Waals surface area contributed by atoms with Gasteiger partial charge in [0.2, 0.25) is 0 Å². The van der Waals surface area contributed by atoms with Gasteiger partial charge in [0.05, 0.1) is 6.10 Å². The fourth-order valence-corrected chi connectivity index (χ4v) is 2.65. The first kappa shape index (κ1) is 13.1. The van der Waals surface area contributed by atoms with Crippen molar-refractivity contribution in [3.05, 3.63) is 59.7 Å². The Balaban J connectivity index is 2.34. The van der Waals surface area contributed by atoms with Crippen LogP contribution in [0.3, 0.4) is 0 Å². The Morgan fingerprint density at radius 2 is 1.78 bits per heavy atom. The molecule has 0 heterocycles. The molecule has 1 nitrogen and oxygen atoms in total. The molecule has 0 aromatic heterocycles. The smallest absolute Gasteiger partial charge is 0.124 e. The molecule has 2 aromatic carbocycles. The fourth-order valence-electron chi connectivity index (χ4n) is 1.60. The van der Waals surface area contributed by atoms with Crippen molar-refractivity contribution in [2.75, 3.05) is 0 Å². The van der Waals surface area contributed by atoms with Crippen molar-refractivity contribution >= 4 is 11.8 Å². The zero-order chi connectivity index (χ0) is 13.1.